The Morgan fingerprint density at radius 1 is 1.38 bits per heavy atom. The lowest BCUT2D eigenvalue weighted by Gasteiger charge is -2.25. The average Bonchev–Trinajstić information content (AvgIpc) is 2.26. The van der Waals surface area contributed by atoms with Gasteiger partial charge in [0.05, 0.1) is 5.04 Å². The molecule has 1 saturated carbocycles. The van der Waals surface area contributed by atoms with Crippen LogP contribution in [0, 0.1) is 17.2 Å². The molecule has 0 unspecified atom stereocenters. The van der Waals surface area contributed by atoms with Gasteiger partial charge in [-0.05, 0) is 6.26 Å². The van der Waals surface area contributed by atoms with Crippen molar-refractivity contribution in [3.8, 4) is 0 Å². The van der Waals surface area contributed by atoms with Crippen molar-refractivity contribution in [2.75, 3.05) is 6.26 Å². The van der Waals surface area contributed by atoms with Gasteiger partial charge in [0.1, 0.15) is 5.92 Å². The number of rotatable bonds is 3. The van der Waals surface area contributed by atoms with Gasteiger partial charge in [0, 0.05) is 25.2 Å². The number of ketones is 3. The van der Waals surface area contributed by atoms with Gasteiger partial charge >= 0.3 is 0 Å². The fraction of sp³-hybridized carbons (Fsp3) is 0.636. The van der Waals surface area contributed by atoms with Crippen molar-refractivity contribution in [1.29, 1.82) is 5.41 Å². The molecule has 1 aliphatic rings. The highest BCUT2D eigenvalue weighted by Crippen LogP contribution is 2.27. The summed E-state index contributed by atoms with van der Waals surface area (Å²) in [6.07, 6.45) is 2.27. The van der Waals surface area contributed by atoms with E-state index in [2.05, 4.69) is 0 Å². The molecule has 0 bridgehead atoms. The molecular weight excluding hydrogens is 226 g/mol. The Kier molecular flexibility index (Phi) is 4.41. The van der Waals surface area contributed by atoms with Gasteiger partial charge in [-0.2, -0.15) is 0 Å². The van der Waals surface area contributed by atoms with Crippen LogP contribution in [-0.2, 0) is 14.4 Å². The molecule has 0 aromatic rings. The third-order valence-corrected chi connectivity index (χ3v) is 3.57. The first-order valence-electron chi connectivity index (χ1n) is 5.21. The van der Waals surface area contributed by atoms with Gasteiger partial charge in [-0.15, -0.1) is 11.8 Å². The number of Topliss-reactive ketones (excluding diaryl/α,β-unsaturated/α-hetero) is 3. The van der Waals surface area contributed by atoms with Crippen molar-refractivity contribution in [3.63, 3.8) is 0 Å². The van der Waals surface area contributed by atoms with Crippen LogP contribution in [0.5, 0.6) is 0 Å². The molecule has 0 heterocycles. The zero-order valence-corrected chi connectivity index (χ0v) is 10.2. The predicted molar refractivity (Wildman–Crippen MR) is 62.8 cm³/mol. The summed E-state index contributed by atoms with van der Waals surface area (Å²) in [4.78, 5) is 34.8. The quantitative estimate of drug-likeness (QED) is 0.461. The first-order chi connectivity index (χ1) is 7.51. The largest absolute Gasteiger partial charge is 0.298 e. The summed E-state index contributed by atoms with van der Waals surface area (Å²) >= 11 is 1.24. The van der Waals surface area contributed by atoms with Crippen LogP contribution < -0.4 is 0 Å². The van der Waals surface area contributed by atoms with E-state index in [0.29, 0.717) is 5.04 Å². The Balaban J connectivity index is 2.79. The van der Waals surface area contributed by atoms with Crippen molar-refractivity contribution in [2.24, 2.45) is 11.8 Å². The first kappa shape index (κ1) is 13.1. The molecule has 0 aromatic heterocycles. The summed E-state index contributed by atoms with van der Waals surface area (Å²) in [7, 11) is 0. The third kappa shape index (κ3) is 2.58. The minimum atomic E-state index is -1.05. The monoisotopic (exact) mass is 241 g/mol. The molecule has 1 rings (SSSR count). The van der Waals surface area contributed by atoms with E-state index in [4.69, 9.17) is 5.41 Å². The van der Waals surface area contributed by atoms with Crippen LogP contribution in [0.4, 0.5) is 0 Å². The second-order valence-electron chi connectivity index (χ2n) is 3.86. The van der Waals surface area contributed by atoms with E-state index in [1.54, 1.807) is 13.2 Å². The smallest absolute Gasteiger partial charge is 0.151 e. The van der Waals surface area contributed by atoms with Crippen LogP contribution in [0.3, 0.4) is 0 Å². The van der Waals surface area contributed by atoms with Crippen LogP contribution in [0.1, 0.15) is 26.2 Å². The molecule has 0 radical (unpaired) electrons. The van der Waals surface area contributed by atoms with Crippen LogP contribution >= 0.6 is 11.8 Å². The number of hydrogen-bond acceptors (Lipinski definition) is 5. The molecule has 0 amide bonds. The lowest BCUT2D eigenvalue weighted by atomic mass is 9.78. The highest BCUT2D eigenvalue weighted by Gasteiger charge is 2.40. The van der Waals surface area contributed by atoms with Crippen molar-refractivity contribution >= 4 is 34.2 Å². The van der Waals surface area contributed by atoms with E-state index >= 15 is 0 Å². The van der Waals surface area contributed by atoms with Gasteiger partial charge in [-0.3, -0.25) is 19.8 Å². The number of hydrogen-bond donors (Lipinski definition) is 1. The zero-order chi connectivity index (χ0) is 12.3. The summed E-state index contributed by atoms with van der Waals surface area (Å²) in [6, 6.07) is 0. The van der Waals surface area contributed by atoms with Crippen molar-refractivity contribution in [2.45, 2.75) is 26.2 Å². The Morgan fingerprint density at radius 3 is 2.25 bits per heavy atom. The normalized spacial score (nSPS) is 25.6. The van der Waals surface area contributed by atoms with Gasteiger partial charge in [0.25, 0.3) is 0 Å². The molecule has 1 N–H and O–H groups in total. The Bertz CT molecular complexity index is 333. The molecule has 0 saturated heterocycles. The van der Waals surface area contributed by atoms with Gasteiger partial charge in [0.2, 0.25) is 0 Å². The van der Waals surface area contributed by atoms with Crippen molar-refractivity contribution in [1.82, 2.24) is 0 Å². The lowest BCUT2D eigenvalue weighted by Crippen LogP contribution is -2.40. The Morgan fingerprint density at radius 2 is 1.88 bits per heavy atom. The van der Waals surface area contributed by atoms with E-state index in [-0.39, 0.29) is 42.5 Å². The van der Waals surface area contributed by atoms with Gasteiger partial charge in [-0.25, -0.2) is 0 Å². The summed E-state index contributed by atoms with van der Waals surface area (Å²) in [6.45, 7) is 1.65. The highest BCUT2D eigenvalue weighted by atomic mass is 32.2. The summed E-state index contributed by atoms with van der Waals surface area (Å²) < 4.78 is 0. The molecule has 88 valence electrons. The number of carbonyl (C=O) groups excluding carboxylic acids is 3. The molecule has 0 aliphatic heterocycles. The van der Waals surface area contributed by atoms with E-state index < -0.39 is 5.92 Å². The molecule has 0 spiro atoms. The molecule has 1 aliphatic carbocycles. The van der Waals surface area contributed by atoms with Gasteiger partial charge in [0.15, 0.2) is 17.3 Å². The fourth-order valence-corrected chi connectivity index (χ4v) is 2.39. The van der Waals surface area contributed by atoms with Crippen molar-refractivity contribution < 1.29 is 14.4 Å². The molecular formula is C11H15NO3S. The van der Waals surface area contributed by atoms with E-state index in [0.717, 1.165) is 0 Å². The maximum Gasteiger partial charge on any atom is 0.151 e. The van der Waals surface area contributed by atoms with E-state index in [1.807, 2.05) is 0 Å². The molecule has 16 heavy (non-hydrogen) atoms. The Labute approximate surface area is 98.7 Å². The van der Waals surface area contributed by atoms with E-state index in [1.165, 1.54) is 11.8 Å². The summed E-state index contributed by atoms with van der Waals surface area (Å²) in [5.41, 5.74) is 0. The predicted octanol–water partition coefficient (Wildman–Crippen LogP) is 1.47. The van der Waals surface area contributed by atoms with Crippen LogP contribution in [-0.4, -0.2) is 28.6 Å². The second kappa shape index (κ2) is 5.39. The van der Waals surface area contributed by atoms with Crippen molar-refractivity contribution in [3.05, 3.63) is 0 Å². The summed E-state index contributed by atoms with van der Waals surface area (Å²) in [5, 5.41) is 7.95. The maximum atomic E-state index is 11.7. The summed E-state index contributed by atoms with van der Waals surface area (Å²) in [5.74, 6) is -2.27. The molecule has 0 atom stereocenters. The fourth-order valence-electron chi connectivity index (χ4n) is 1.89. The van der Waals surface area contributed by atoms with Crippen LogP contribution in [0.15, 0.2) is 0 Å². The zero-order valence-electron chi connectivity index (χ0n) is 9.41. The number of thioether (sulfide) groups is 1. The number of nitrogens with one attached hydrogen (secondary N) is 1. The van der Waals surface area contributed by atoms with Crippen LogP contribution in [0.2, 0.25) is 0 Å². The number of carbonyl (C=O) groups is 3. The average molecular weight is 241 g/mol. The van der Waals surface area contributed by atoms with Crippen LogP contribution in [0.25, 0.3) is 0 Å². The Hall–Kier alpha value is -0.970. The topological polar surface area (TPSA) is 75.1 Å². The minimum absolute atomic E-state index is 0.155. The third-order valence-electron chi connectivity index (χ3n) is 2.80. The van der Waals surface area contributed by atoms with Gasteiger partial charge in [-0.1, -0.05) is 6.92 Å². The lowest BCUT2D eigenvalue weighted by molar-refractivity contribution is -0.142. The maximum absolute atomic E-state index is 11.7. The van der Waals surface area contributed by atoms with Gasteiger partial charge < -0.3 is 0 Å². The molecule has 1 fully saturated rings. The first-order valence-corrected chi connectivity index (χ1v) is 6.44. The minimum Gasteiger partial charge on any atom is -0.298 e. The standard InChI is InChI=1S/C11H15NO3S/c1-3-7(13)10-8(14)4-6(5-9(10)15)11(12)16-2/h6,10,12H,3-5H2,1-2H3. The SMILES string of the molecule is CCC(=O)C1C(=O)CC(C(=N)SC)CC1=O. The highest BCUT2D eigenvalue weighted by molar-refractivity contribution is 8.13. The van der Waals surface area contributed by atoms with E-state index in [9.17, 15) is 14.4 Å². The molecule has 0 aromatic carbocycles. The molecule has 4 nitrogen and oxygen atoms in total. The molecule has 5 heteroatoms. The second-order valence-corrected chi connectivity index (χ2v) is 4.71.